The molecule has 0 spiro atoms. The highest BCUT2D eigenvalue weighted by molar-refractivity contribution is 5.76. The van der Waals surface area contributed by atoms with Gasteiger partial charge in [-0.05, 0) is 38.5 Å². The van der Waals surface area contributed by atoms with Crippen LogP contribution in [0.3, 0.4) is 0 Å². The second-order valence-electron chi connectivity index (χ2n) is 6.36. The van der Waals surface area contributed by atoms with E-state index in [1.807, 2.05) is 13.1 Å². The Balaban J connectivity index is 1.74. The molecule has 1 aromatic rings. The van der Waals surface area contributed by atoms with Crippen LogP contribution < -0.4 is 5.32 Å². The van der Waals surface area contributed by atoms with Crippen LogP contribution in [0.2, 0.25) is 0 Å². The third-order valence-corrected chi connectivity index (χ3v) is 4.73. The molecule has 1 aliphatic rings. The number of hydrogen-bond acceptors (Lipinski definition) is 3. The van der Waals surface area contributed by atoms with Gasteiger partial charge in [0.15, 0.2) is 0 Å². The predicted molar refractivity (Wildman–Crippen MR) is 86.4 cm³/mol. The van der Waals surface area contributed by atoms with E-state index in [0.29, 0.717) is 18.8 Å². The van der Waals surface area contributed by atoms with Gasteiger partial charge in [-0.15, -0.1) is 0 Å². The summed E-state index contributed by atoms with van der Waals surface area (Å²) in [4.78, 5) is 16.3. The lowest BCUT2D eigenvalue weighted by Crippen LogP contribution is -2.41. The van der Waals surface area contributed by atoms with Crippen molar-refractivity contribution in [2.75, 3.05) is 6.61 Å². The smallest absolute Gasteiger partial charge is 0.220 e. The summed E-state index contributed by atoms with van der Waals surface area (Å²) in [5, 5.41) is 12.4. The number of carbonyl (C=O) groups excluding carboxylic acids is 1. The van der Waals surface area contributed by atoms with E-state index in [2.05, 4.69) is 14.9 Å². The van der Waals surface area contributed by atoms with E-state index in [4.69, 9.17) is 0 Å². The van der Waals surface area contributed by atoms with E-state index >= 15 is 0 Å². The molecular weight excluding hydrogens is 278 g/mol. The number of carbonyl (C=O) groups is 1. The first-order valence-corrected chi connectivity index (χ1v) is 8.58. The quantitative estimate of drug-likeness (QED) is 0.775. The van der Waals surface area contributed by atoms with E-state index in [-0.39, 0.29) is 18.6 Å². The fourth-order valence-corrected chi connectivity index (χ4v) is 3.43. The maximum Gasteiger partial charge on any atom is 0.220 e. The normalized spacial score (nSPS) is 17.4. The van der Waals surface area contributed by atoms with Crippen LogP contribution >= 0.6 is 0 Å². The van der Waals surface area contributed by atoms with Crippen molar-refractivity contribution in [3.05, 3.63) is 18.2 Å². The van der Waals surface area contributed by atoms with Gasteiger partial charge in [-0.2, -0.15) is 0 Å². The number of aliphatic hydroxyl groups is 1. The van der Waals surface area contributed by atoms with E-state index in [1.54, 1.807) is 6.20 Å². The van der Waals surface area contributed by atoms with Crippen LogP contribution in [0.4, 0.5) is 0 Å². The summed E-state index contributed by atoms with van der Waals surface area (Å²) in [6, 6.07) is 0.146. The number of aromatic nitrogens is 2. The Labute approximate surface area is 133 Å². The highest BCUT2D eigenvalue weighted by Crippen LogP contribution is 2.27. The molecule has 1 aliphatic carbocycles. The number of rotatable bonds is 8. The average molecular weight is 307 g/mol. The van der Waals surface area contributed by atoms with Crippen LogP contribution in [0.1, 0.15) is 57.2 Å². The SMILES string of the molecule is Cc1nccn1CCCC(=O)NC(CCO)C1CCCCC1. The molecule has 5 heteroatoms. The van der Waals surface area contributed by atoms with Gasteiger partial charge < -0.3 is 15.0 Å². The van der Waals surface area contributed by atoms with Crippen LogP contribution in [0.5, 0.6) is 0 Å². The van der Waals surface area contributed by atoms with Crippen molar-refractivity contribution in [3.63, 3.8) is 0 Å². The molecule has 1 heterocycles. The summed E-state index contributed by atoms with van der Waals surface area (Å²) in [5.41, 5.74) is 0. The van der Waals surface area contributed by atoms with E-state index in [1.165, 1.54) is 32.1 Å². The number of aliphatic hydroxyl groups excluding tert-OH is 1. The number of nitrogens with one attached hydrogen (secondary N) is 1. The van der Waals surface area contributed by atoms with Crippen molar-refractivity contribution in [2.45, 2.75) is 70.9 Å². The molecule has 124 valence electrons. The van der Waals surface area contributed by atoms with Gasteiger partial charge in [0.05, 0.1) is 0 Å². The van der Waals surface area contributed by atoms with Gasteiger partial charge in [0.2, 0.25) is 5.91 Å². The number of nitrogens with zero attached hydrogens (tertiary/aromatic N) is 2. The molecule has 0 saturated heterocycles. The van der Waals surface area contributed by atoms with Gasteiger partial charge in [0.25, 0.3) is 0 Å². The van der Waals surface area contributed by atoms with Gasteiger partial charge in [-0.1, -0.05) is 19.3 Å². The predicted octanol–water partition coefficient (Wildman–Crippen LogP) is 2.42. The molecule has 1 amide bonds. The lowest BCUT2D eigenvalue weighted by Gasteiger charge is -2.30. The maximum absolute atomic E-state index is 12.2. The number of amides is 1. The summed E-state index contributed by atoms with van der Waals surface area (Å²) in [7, 11) is 0. The summed E-state index contributed by atoms with van der Waals surface area (Å²) >= 11 is 0. The van der Waals surface area contributed by atoms with Crippen LogP contribution in [-0.2, 0) is 11.3 Å². The minimum Gasteiger partial charge on any atom is -0.396 e. The van der Waals surface area contributed by atoms with Gasteiger partial charge in [-0.25, -0.2) is 4.98 Å². The first kappa shape index (κ1) is 17.0. The van der Waals surface area contributed by atoms with E-state index in [9.17, 15) is 9.90 Å². The Kier molecular flexibility index (Phi) is 6.90. The van der Waals surface area contributed by atoms with E-state index in [0.717, 1.165) is 18.8 Å². The van der Waals surface area contributed by atoms with Crippen molar-refractivity contribution >= 4 is 5.91 Å². The van der Waals surface area contributed by atoms with Crippen LogP contribution in [0, 0.1) is 12.8 Å². The molecule has 22 heavy (non-hydrogen) atoms. The topological polar surface area (TPSA) is 67.2 Å². The molecule has 0 radical (unpaired) electrons. The summed E-state index contributed by atoms with van der Waals surface area (Å²) in [5.74, 6) is 1.64. The Morgan fingerprint density at radius 1 is 1.45 bits per heavy atom. The molecule has 2 rings (SSSR count). The number of imidazole rings is 1. The zero-order valence-corrected chi connectivity index (χ0v) is 13.6. The fourth-order valence-electron chi connectivity index (χ4n) is 3.43. The minimum absolute atomic E-state index is 0.113. The molecule has 0 aliphatic heterocycles. The number of hydrogen-bond donors (Lipinski definition) is 2. The number of aryl methyl sites for hydroxylation is 2. The zero-order valence-electron chi connectivity index (χ0n) is 13.6. The van der Waals surface area contributed by atoms with Crippen LogP contribution in [-0.4, -0.2) is 33.2 Å². The van der Waals surface area contributed by atoms with Crippen LogP contribution in [0.15, 0.2) is 12.4 Å². The Hall–Kier alpha value is -1.36. The molecule has 1 unspecified atom stereocenters. The lowest BCUT2D eigenvalue weighted by atomic mass is 9.82. The summed E-state index contributed by atoms with van der Waals surface area (Å²) < 4.78 is 2.07. The van der Waals surface area contributed by atoms with Crippen molar-refractivity contribution < 1.29 is 9.90 Å². The molecule has 1 aromatic heterocycles. The third-order valence-electron chi connectivity index (χ3n) is 4.73. The van der Waals surface area contributed by atoms with E-state index < -0.39 is 0 Å². The Morgan fingerprint density at radius 2 is 2.23 bits per heavy atom. The van der Waals surface area contributed by atoms with Gasteiger partial charge in [-0.3, -0.25) is 4.79 Å². The molecule has 0 bridgehead atoms. The van der Waals surface area contributed by atoms with Crippen molar-refractivity contribution in [1.29, 1.82) is 0 Å². The molecule has 1 fully saturated rings. The standard InChI is InChI=1S/C17H29N3O2/c1-14-18-10-12-20(14)11-5-8-17(22)19-16(9-13-21)15-6-3-2-4-7-15/h10,12,15-16,21H,2-9,11,13H2,1H3,(H,19,22). The van der Waals surface area contributed by atoms with Crippen molar-refractivity contribution in [3.8, 4) is 0 Å². The Bertz CT molecular complexity index is 453. The van der Waals surface area contributed by atoms with Crippen LogP contribution in [0.25, 0.3) is 0 Å². The minimum atomic E-state index is 0.113. The van der Waals surface area contributed by atoms with Crippen molar-refractivity contribution in [2.24, 2.45) is 5.92 Å². The zero-order chi connectivity index (χ0) is 15.8. The highest BCUT2D eigenvalue weighted by atomic mass is 16.3. The first-order valence-electron chi connectivity index (χ1n) is 8.58. The summed E-state index contributed by atoms with van der Waals surface area (Å²) in [6.07, 6.45) is 11.9. The maximum atomic E-state index is 12.2. The van der Waals surface area contributed by atoms with Gasteiger partial charge in [0, 0.05) is 38.0 Å². The molecular formula is C17H29N3O2. The molecule has 5 nitrogen and oxygen atoms in total. The monoisotopic (exact) mass is 307 g/mol. The lowest BCUT2D eigenvalue weighted by molar-refractivity contribution is -0.122. The second kappa shape index (κ2) is 8.93. The summed E-state index contributed by atoms with van der Waals surface area (Å²) in [6.45, 7) is 2.95. The second-order valence-corrected chi connectivity index (χ2v) is 6.36. The Morgan fingerprint density at radius 3 is 2.86 bits per heavy atom. The average Bonchev–Trinajstić information content (AvgIpc) is 2.93. The van der Waals surface area contributed by atoms with Gasteiger partial charge in [0.1, 0.15) is 5.82 Å². The van der Waals surface area contributed by atoms with Gasteiger partial charge >= 0.3 is 0 Å². The van der Waals surface area contributed by atoms with Crippen molar-refractivity contribution in [1.82, 2.24) is 14.9 Å². The highest BCUT2D eigenvalue weighted by Gasteiger charge is 2.24. The fraction of sp³-hybridized carbons (Fsp3) is 0.765. The third kappa shape index (κ3) is 5.13. The first-order chi connectivity index (χ1) is 10.7. The molecule has 1 atom stereocenters. The largest absolute Gasteiger partial charge is 0.396 e. The molecule has 0 aromatic carbocycles. The molecule has 1 saturated carbocycles. The molecule has 2 N–H and O–H groups in total.